The third-order valence-electron chi connectivity index (χ3n) is 3.05. The zero-order chi connectivity index (χ0) is 11.1. The van der Waals surface area contributed by atoms with Crippen LogP contribution in [0.25, 0.3) is 0 Å². The number of aliphatic hydroxyl groups is 1. The molecule has 1 nitrogen and oxygen atoms in total. The van der Waals surface area contributed by atoms with Gasteiger partial charge in [0.05, 0.1) is 5.60 Å². The van der Waals surface area contributed by atoms with Crippen LogP contribution < -0.4 is 0 Å². The van der Waals surface area contributed by atoms with Gasteiger partial charge in [0.15, 0.2) is 0 Å². The number of halogens is 1. The van der Waals surface area contributed by atoms with Crippen molar-refractivity contribution in [3.63, 3.8) is 0 Å². The second-order valence-electron chi connectivity index (χ2n) is 4.94. The minimum absolute atomic E-state index is 0.263. The summed E-state index contributed by atoms with van der Waals surface area (Å²) in [5.41, 5.74) is 0.682. The molecule has 1 unspecified atom stereocenters. The lowest BCUT2D eigenvalue weighted by molar-refractivity contribution is 0.0414. The van der Waals surface area contributed by atoms with Crippen molar-refractivity contribution in [2.24, 2.45) is 5.92 Å². The summed E-state index contributed by atoms with van der Waals surface area (Å²) in [6.07, 6.45) is 3.14. The quantitative estimate of drug-likeness (QED) is 0.809. The summed E-state index contributed by atoms with van der Waals surface area (Å²) >= 11 is 0. The molecule has 1 saturated carbocycles. The predicted octanol–water partition coefficient (Wildman–Crippen LogP) is 3.14. The first-order valence-electron chi connectivity index (χ1n) is 5.47. The lowest BCUT2D eigenvalue weighted by Crippen LogP contribution is -2.22. The van der Waals surface area contributed by atoms with E-state index in [1.807, 2.05) is 13.0 Å². The summed E-state index contributed by atoms with van der Waals surface area (Å²) in [4.78, 5) is 0. The molecule has 0 spiro atoms. The van der Waals surface area contributed by atoms with Crippen LogP contribution in [0.5, 0.6) is 0 Å². The minimum Gasteiger partial charge on any atom is -0.385 e. The predicted molar refractivity (Wildman–Crippen MR) is 58.0 cm³/mol. The normalized spacial score (nSPS) is 20.0. The Hall–Kier alpha value is -0.890. The van der Waals surface area contributed by atoms with Crippen molar-refractivity contribution in [2.45, 2.75) is 38.7 Å². The fourth-order valence-electron chi connectivity index (χ4n) is 2.05. The second-order valence-corrected chi connectivity index (χ2v) is 4.94. The average Bonchev–Trinajstić information content (AvgIpc) is 2.85. The van der Waals surface area contributed by atoms with Crippen molar-refractivity contribution in [3.05, 3.63) is 35.1 Å². The Bertz CT molecular complexity index is 347. The number of hydrogen-bond donors (Lipinski definition) is 1. The Balaban J connectivity index is 2.25. The van der Waals surface area contributed by atoms with E-state index in [0.29, 0.717) is 11.5 Å². The standard InChI is InChI=1S/C13H17FO/c1-9-5-11(7-12(14)6-9)13(2,15)8-10-3-4-10/h5-7,10,15H,3-4,8H2,1-2H3. The fraction of sp³-hybridized carbons (Fsp3) is 0.538. The summed E-state index contributed by atoms with van der Waals surface area (Å²) in [6.45, 7) is 3.62. The molecular weight excluding hydrogens is 191 g/mol. The van der Waals surface area contributed by atoms with E-state index in [-0.39, 0.29) is 5.82 Å². The summed E-state index contributed by atoms with van der Waals surface area (Å²) in [5, 5.41) is 10.3. The zero-order valence-corrected chi connectivity index (χ0v) is 9.26. The van der Waals surface area contributed by atoms with Crippen LogP contribution in [-0.4, -0.2) is 5.11 Å². The molecular formula is C13H17FO. The molecule has 15 heavy (non-hydrogen) atoms. The number of hydrogen-bond acceptors (Lipinski definition) is 1. The number of aryl methyl sites for hydroxylation is 1. The van der Waals surface area contributed by atoms with Gasteiger partial charge in [0.2, 0.25) is 0 Å². The van der Waals surface area contributed by atoms with Gasteiger partial charge in [-0.2, -0.15) is 0 Å². The van der Waals surface area contributed by atoms with Gasteiger partial charge in [0.25, 0.3) is 0 Å². The van der Waals surface area contributed by atoms with Crippen molar-refractivity contribution in [3.8, 4) is 0 Å². The molecule has 1 fully saturated rings. The van der Waals surface area contributed by atoms with Crippen LogP contribution in [0.1, 0.15) is 37.3 Å². The largest absolute Gasteiger partial charge is 0.385 e. The number of benzene rings is 1. The summed E-state index contributed by atoms with van der Waals surface area (Å²) in [6, 6.07) is 4.79. The Morgan fingerprint density at radius 2 is 2.07 bits per heavy atom. The van der Waals surface area contributed by atoms with E-state index >= 15 is 0 Å². The van der Waals surface area contributed by atoms with Crippen molar-refractivity contribution in [1.29, 1.82) is 0 Å². The van der Waals surface area contributed by atoms with E-state index in [0.717, 1.165) is 12.0 Å². The van der Waals surface area contributed by atoms with E-state index in [2.05, 4.69) is 0 Å². The van der Waals surface area contributed by atoms with Crippen molar-refractivity contribution < 1.29 is 9.50 Å². The highest BCUT2D eigenvalue weighted by Crippen LogP contribution is 2.40. The molecule has 0 saturated heterocycles. The first-order valence-corrected chi connectivity index (χ1v) is 5.47. The first-order chi connectivity index (χ1) is 6.97. The third kappa shape index (κ3) is 2.57. The van der Waals surface area contributed by atoms with Crippen LogP contribution >= 0.6 is 0 Å². The van der Waals surface area contributed by atoms with E-state index in [1.165, 1.54) is 25.0 Å². The van der Waals surface area contributed by atoms with Gasteiger partial charge in [0, 0.05) is 0 Å². The molecule has 82 valence electrons. The Kier molecular flexibility index (Phi) is 2.55. The molecule has 2 rings (SSSR count). The van der Waals surface area contributed by atoms with Gasteiger partial charge in [-0.15, -0.1) is 0 Å². The molecule has 0 bridgehead atoms. The van der Waals surface area contributed by atoms with Gasteiger partial charge in [0.1, 0.15) is 5.82 Å². The van der Waals surface area contributed by atoms with Crippen molar-refractivity contribution >= 4 is 0 Å². The monoisotopic (exact) mass is 208 g/mol. The molecule has 1 aromatic rings. The Labute approximate surface area is 89.9 Å². The zero-order valence-electron chi connectivity index (χ0n) is 9.26. The van der Waals surface area contributed by atoms with Crippen LogP contribution in [-0.2, 0) is 5.60 Å². The molecule has 1 aliphatic rings. The van der Waals surface area contributed by atoms with E-state index in [9.17, 15) is 9.50 Å². The Morgan fingerprint density at radius 1 is 1.40 bits per heavy atom. The molecule has 0 amide bonds. The van der Waals surface area contributed by atoms with E-state index in [1.54, 1.807) is 6.92 Å². The molecule has 1 aromatic carbocycles. The van der Waals surface area contributed by atoms with Crippen LogP contribution in [0.3, 0.4) is 0 Å². The van der Waals surface area contributed by atoms with Crippen LogP contribution in [0, 0.1) is 18.7 Å². The lowest BCUT2D eigenvalue weighted by Gasteiger charge is -2.24. The highest BCUT2D eigenvalue weighted by atomic mass is 19.1. The summed E-state index contributed by atoms with van der Waals surface area (Å²) < 4.78 is 13.2. The average molecular weight is 208 g/mol. The third-order valence-corrected chi connectivity index (χ3v) is 3.05. The molecule has 0 aliphatic heterocycles. The second kappa shape index (κ2) is 3.60. The fourth-order valence-corrected chi connectivity index (χ4v) is 2.05. The van der Waals surface area contributed by atoms with Crippen molar-refractivity contribution in [2.75, 3.05) is 0 Å². The highest BCUT2D eigenvalue weighted by Gasteiger charge is 2.33. The maximum absolute atomic E-state index is 13.2. The highest BCUT2D eigenvalue weighted by molar-refractivity contribution is 5.28. The van der Waals surface area contributed by atoms with Gasteiger partial charge in [-0.3, -0.25) is 0 Å². The summed E-state index contributed by atoms with van der Waals surface area (Å²) in [7, 11) is 0. The van der Waals surface area contributed by atoms with Gasteiger partial charge in [-0.25, -0.2) is 4.39 Å². The van der Waals surface area contributed by atoms with Gasteiger partial charge < -0.3 is 5.11 Å². The topological polar surface area (TPSA) is 20.2 Å². The molecule has 2 heteroatoms. The molecule has 0 radical (unpaired) electrons. The van der Waals surface area contributed by atoms with Crippen LogP contribution in [0.4, 0.5) is 4.39 Å². The number of rotatable bonds is 3. The summed E-state index contributed by atoms with van der Waals surface area (Å²) in [5.74, 6) is 0.365. The smallest absolute Gasteiger partial charge is 0.123 e. The van der Waals surface area contributed by atoms with E-state index in [4.69, 9.17) is 0 Å². The first kappa shape index (κ1) is 10.6. The molecule has 0 aromatic heterocycles. The van der Waals surface area contributed by atoms with Crippen molar-refractivity contribution in [1.82, 2.24) is 0 Å². The Morgan fingerprint density at radius 3 is 2.60 bits per heavy atom. The molecule has 0 heterocycles. The van der Waals surface area contributed by atoms with Crippen LogP contribution in [0.2, 0.25) is 0 Å². The minimum atomic E-state index is -0.881. The van der Waals surface area contributed by atoms with Gasteiger partial charge >= 0.3 is 0 Å². The van der Waals surface area contributed by atoms with Crippen LogP contribution in [0.15, 0.2) is 18.2 Å². The van der Waals surface area contributed by atoms with Gasteiger partial charge in [-0.1, -0.05) is 18.9 Å². The SMILES string of the molecule is Cc1cc(F)cc(C(C)(O)CC2CC2)c1. The van der Waals surface area contributed by atoms with Gasteiger partial charge in [-0.05, 0) is 49.4 Å². The molecule has 1 N–H and O–H groups in total. The maximum atomic E-state index is 13.2. The maximum Gasteiger partial charge on any atom is 0.123 e. The lowest BCUT2D eigenvalue weighted by atomic mass is 9.89. The molecule has 1 atom stereocenters. The van der Waals surface area contributed by atoms with E-state index < -0.39 is 5.60 Å². The molecule has 1 aliphatic carbocycles.